The molecule has 2 saturated carbocycles. The number of nitrogens with zero attached hydrogens (tertiary/aromatic N) is 1. The van der Waals surface area contributed by atoms with Gasteiger partial charge < -0.3 is 5.73 Å². The molecule has 0 saturated heterocycles. The van der Waals surface area contributed by atoms with Gasteiger partial charge in [-0.25, -0.2) is 0 Å². The highest BCUT2D eigenvalue weighted by Gasteiger charge is 2.52. The van der Waals surface area contributed by atoms with Crippen LogP contribution in [0, 0.1) is 11.8 Å². The lowest BCUT2D eigenvalue weighted by Crippen LogP contribution is -2.68. The van der Waals surface area contributed by atoms with Crippen LogP contribution in [0.3, 0.4) is 0 Å². The number of nitrogens with two attached hydrogens (primary N) is 1. The lowest BCUT2D eigenvalue weighted by atomic mass is 9.59. The van der Waals surface area contributed by atoms with E-state index in [-0.39, 0.29) is 0 Å². The normalized spacial score (nSPS) is 43.5. The Morgan fingerprint density at radius 3 is 2.29 bits per heavy atom. The minimum Gasteiger partial charge on any atom is -0.329 e. The van der Waals surface area contributed by atoms with Crippen LogP contribution >= 0.6 is 0 Å². The third-order valence-corrected chi connectivity index (χ3v) is 5.05. The van der Waals surface area contributed by atoms with E-state index >= 15 is 0 Å². The molecule has 2 aliphatic rings. The zero-order valence-electron chi connectivity index (χ0n) is 9.79. The monoisotopic (exact) mass is 196 g/mol. The molecule has 2 fully saturated rings. The first-order valence-electron chi connectivity index (χ1n) is 6.05. The van der Waals surface area contributed by atoms with Crippen molar-refractivity contribution in [3.05, 3.63) is 0 Å². The Hall–Kier alpha value is -0.0800. The van der Waals surface area contributed by atoms with Gasteiger partial charge >= 0.3 is 0 Å². The molecule has 2 nitrogen and oxygen atoms in total. The zero-order valence-corrected chi connectivity index (χ0v) is 9.79. The molecular weight excluding hydrogens is 172 g/mol. The van der Waals surface area contributed by atoms with Crippen LogP contribution in [0.5, 0.6) is 0 Å². The maximum atomic E-state index is 6.00. The van der Waals surface area contributed by atoms with Crippen LogP contribution < -0.4 is 5.73 Å². The second-order valence-electron chi connectivity index (χ2n) is 5.47. The predicted molar refractivity (Wildman–Crippen MR) is 60.1 cm³/mol. The highest BCUT2D eigenvalue weighted by molar-refractivity contribution is 5.08. The third kappa shape index (κ3) is 1.24. The van der Waals surface area contributed by atoms with Gasteiger partial charge in [0.25, 0.3) is 0 Å². The predicted octanol–water partition coefficient (Wildman–Crippen LogP) is 1.84. The number of likely N-dealkylation sites (N-methyl/N-ethyl adjacent to an activating group) is 1. The second-order valence-corrected chi connectivity index (χ2v) is 5.47. The quantitative estimate of drug-likeness (QED) is 0.746. The molecule has 0 aromatic rings. The van der Waals surface area contributed by atoms with E-state index in [9.17, 15) is 0 Å². The van der Waals surface area contributed by atoms with E-state index in [1.807, 2.05) is 0 Å². The third-order valence-electron chi connectivity index (χ3n) is 5.05. The minimum atomic E-state index is 0.338. The Kier molecular flexibility index (Phi) is 2.61. The van der Waals surface area contributed by atoms with E-state index < -0.39 is 0 Å². The SMILES string of the molecule is CC1CC(CN)(N(C)C2CCC2)C1C. The first kappa shape index (κ1) is 10.4. The maximum absolute atomic E-state index is 6.00. The molecule has 3 atom stereocenters. The van der Waals surface area contributed by atoms with Gasteiger partial charge in [0.15, 0.2) is 0 Å². The summed E-state index contributed by atoms with van der Waals surface area (Å²) < 4.78 is 0. The van der Waals surface area contributed by atoms with Crippen molar-refractivity contribution in [1.29, 1.82) is 0 Å². The molecule has 0 aromatic carbocycles. The molecule has 0 spiro atoms. The summed E-state index contributed by atoms with van der Waals surface area (Å²) in [6.45, 7) is 5.56. The molecule has 0 aliphatic heterocycles. The van der Waals surface area contributed by atoms with Crippen molar-refractivity contribution in [3.8, 4) is 0 Å². The van der Waals surface area contributed by atoms with E-state index in [0.29, 0.717) is 5.54 Å². The Bertz CT molecular complexity index is 212. The first-order chi connectivity index (χ1) is 6.62. The van der Waals surface area contributed by atoms with Crippen LogP contribution in [0.25, 0.3) is 0 Å². The van der Waals surface area contributed by atoms with Gasteiger partial charge in [-0.3, -0.25) is 4.90 Å². The van der Waals surface area contributed by atoms with Crippen molar-refractivity contribution in [2.45, 2.75) is 51.1 Å². The summed E-state index contributed by atoms with van der Waals surface area (Å²) in [7, 11) is 2.29. The molecule has 3 unspecified atom stereocenters. The molecule has 0 bridgehead atoms. The topological polar surface area (TPSA) is 29.3 Å². The van der Waals surface area contributed by atoms with Crippen molar-refractivity contribution in [1.82, 2.24) is 4.90 Å². The fraction of sp³-hybridized carbons (Fsp3) is 1.00. The van der Waals surface area contributed by atoms with E-state index in [0.717, 1.165) is 24.4 Å². The van der Waals surface area contributed by atoms with Crippen LogP contribution in [0.4, 0.5) is 0 Å². The van der Waals surface area contributed by atoms with Gasteiger partial charge in [-0.05, 0) is 38.1 Å². The summed E-state index contributed by atoms with van der Waals surface area (Å²) >= 11 is 0. The Morgan fingerprint density at radius 1 is 1.36 bits per heavy atom. The number of rotatable bonds is 3. The van der Waals surface area contributed by atoms with Gasteiger partial charge in [0, 0.05) is 18.1 Å². The molecule has 2 aliphatic carbocycles. The molecule has 0 radical (unpaired) electrons. The van der Waals surface area contributed by atoms with Crippen LogP contribution in [-0.4, -0.2) is 30.1 Å². The highest BCUT2D eigenvalue weighted by atomic mass is 15.2. The lowest BCUT2D eigenvalue weighted by Gasteiger charge is -2.60. The number of hydrogen-bond donors (Lipinski definition) is 1. The zero-order chi connectivity index (χ0) is 10.3. The largest absolute Gasteiger partial charge is 0.329 e. The van der Waals surface area contributed by atoms with Gasteiger partial charge in [0.1, 0.15) is 0 Å². The average molecular weight is 196 g/mol. The van der Waals surface area contributed by atoms with E-state index in [2.05, 4.69) is 25.8 Å². The molecule has 0 heterocycles. The van der Waals surface area contributed by atoms with Crippen molar-refractivity contribution in [2.75, 3.05) is 13.6 Å². The van der Waals surface area contributed by atoms with Crippen LogP contribution in [0.2, 0.25) is 0 Å². The summed E-state index contributed by atoms with van der Waals surface area (Å²) in [6, 6.07) is 0.827. The first-order valence-corrected chi connectivity index (χ1v) is 6.05. The van der Waals surface area contributed by atoms with Crippen molar-refractivity contribution in [3.63, 3.8) is 0 Å². The molecule has 0 amide bonds. The molecular formula is C12H24N2. The molecule has 2 N–H and O–H groups in total. The molecule has 0 aromatic heterocycles. The summed E-state index contributed by atoms with van der Waals surface area (Å²) in [5, 5.41) is 0. The van der Waals surface area contributed by atoms with E-state index in [1.54, 1.807) is 0 Å². The minimum absolute atomic E-state index is 0.338. The Morgan fingerprint density at radius 2 is 2.00 bits per heavy atom. The van der Waals surface area contributed by atoms with Gasteiger partial charge in [0.2, 0.25) is 0 Å². The Labute approximate surface area is 87.8 Å². The molecule has 2 rings (SSSR count). The fourth-order valence-electron chi connectivity index (χ4n) is 3.31. The van der Waals surface area contributed by atoms with Gasteiger partial charge in [-0.1, -0.05) is 20.3 Å². The van der Waals surface area contributed by atoms with Crippen molar-refractivity contribution < 1.29 is 0 Å². The maximum Gasteiger partial charge on any atom is 0.0362 e. The Balaban J connectivity index is 2.04. The summed E-state index contributed by atoms with van der Waals surface area (Å²) in [5.74, 6) is 1.64. The van der Waals surface area contributed by atoms with Gasteiger partial charge in [-0.2, -0.15) is 0 Å². The second kappa shape index (κ2) is 3.49. The summed E-state index contributed by atoms with van der Waals surface area (Å²) in [5.41, 5.74) is 6.34. The average Bonchev–Trinajstić information content (AvgIpc) is 2.10. The van der Waals surface area contributed by atoms with Crippen LogP contribution in [0.1, 0.15) is 39.5 Å². The highest BCUT2D eigenvalue weighted by Crippen LogP contribution is 2.48. The summed E-state index contributed by atoms with van der Waals surface area (Å²) in [6.07, 6.45) is 5.50. The van der Waals surface area contributed by atoms with E-state index in [1.165, 1.54) is 25.7 Å². The number of hydrogen-bond acceptors (Lipinski definition) is 2. The van der Waals surface area contributed by atoms with Crippen molar-refractivity contribution in [2.24, 2.45) is 17.6 Å². The van der Waals surface area contributed by atoms with Crippen LogP contribution in [0.15, 0.2) is 0 Å². The van der Waals surface area contributed by atoms with Gasteiger partial charge in [0.05, 0.1) is 0 Å². The molecule has 2 heteroatoms. The van der Waals surface area contributed by atoms with Crippen molar-refractivity contribution >= 4 is 0 Å². The molecule has 14 heavy (non-hydrogen) atoms. The lowest BCUT2D eigenvalue weighted by molar-refractivity contribution is -0.0921. The van der Waals surface area contributed by atoms with Gasteiger partial charge in [-0.15, -0.1) is 0 Å². The molecule has 82 valence electrons. The van der Waals surface area contributed by atoms with E-state index in [4.69, 9.17) is 5.73 Å². The van der Waals surface area contributed by atoms with Crippen LogP contribution in [-0.2, 0) is 0 Å². The smallest absolute Gasteiger partial charge is 0.0362 e. The fourth-order valence-corrected chi connectivity index (χ4v) is 3.31. The standard InChI is InChI=1S/C12H24N2/c1-9-7-12(8-13,10(9)2)14(3)11-5-4-6-11/h9-11H,4-8,13H2,1-3H3. The summed E-state index contributed by atoms with van der Waals surface area (Å²) in [4.78, 5) is 2.60.